The summed E-state index contributed by atoms with van der Waals surface area (Å²) in [5.41, 5.74) is -0.457. The van der Waals surface area contributed by atoms with Crippen LogP contribution in [0.2, 0.25) is 0 Å². The first kappa shape index (κ1) is 27.5. The Morgan fingerprint density at radius 2 is 1.73 bits per heavy atom. The van der Waals surface area contributed by atoms with Gasteiger partial charge in [0.25, 0.3) is 0 Å². The molecule has 4 nitrogen and oxygen atoms in total. The maximum atomic E-state index is 14.1. The number of carbonyl (C=O) groups is 1. The Bertz CT molecular complexity index is 1140. The van der Waals surface area contributed by atoms with E-state index in [0.29, 0.717) is 24.8 Å². The number of rotatable bonds is 7. The van der Waals surface area contributed by atoms with E-state index in [2.05, 4.69) is 5.32 Å². The largest absolute Gasteiger partial charge is 0.490 e. The van der Waals surface area contributed by atoms with E-state index >= 15 is 0 Å². The monoisotopic (exact) mass is 531 g/mol. The van der Waals surface area contributed by atoms with E-state index in [1.807, 2.05) is 13.8 Å². The predicted molar refractivity (Wildman–Crippen MR) is 126 cm³/mol. The van der Waals surface area contributed by atoms with Crippen molar-refractivity contribution in [1.29, 1.82) is 0 Å². The number of aliphatic carboxylic acids is 1. The van der Waals surface area contributed by atoms with Crippen LogP contribution in [0.15, 0.2) is 30.3 Å². The number of hydrogen-bond donors (Lipinski definition) is 2. The normalized spacial score (nSPS) is 26.1. The SMILES string of the molecule is CC1(C)C(NCCc2ccc3c(C(F)(F)F)c(OC4CCC(C(F)(F)F)CC4)ccc3c2)CC1C(=O)O. The number of fused-ring (bicyclic) bond motifs is 1. The molecule has 0 heterocycles. The van der Waals surface area contributed by atoms with E-state index < -0.39 is 41.8 Å². The Balaban J connectivity index is 1.45. The fourth-order valence-corrected chi connectivity index (χ4v) is 5.67. The molecule has 2 atom stereocenters. The second-order valence-corrected chi connectivity index (χ2v) is 10.8. The van der Waals surface area contributed by atoms with Gasteiger partial charge in [0.15, 0.2) is 0 Å². The second kappa shape index (κ2) is 10.0. The summed E-state index contributed by atoms with van der Waals surface area (Å²) in [6, 6.07) is 7.59. The van der Waals surface area contributed by atoms with Crippen molar-refractivity contribution < 1.29 is 41.0 Å². The van der Waals surface area contributed by atoms with Crippen LogP contribution in [0.25, 0.3) is 10.8 Å². The molecule has 2 aliphatic carbocycles. The minimum Gasteiger partial charge on any atom is -0.490 e. The van der Waals surface area contributed by atoms with E-state index in [1.165, 1.54) is 12.1 Å². The summed E-state index contributed by atoms with van der Waals surface area (Å²) in [6.45, 7) is 4.37. The molecular formula is C27H31F6NO3. The molecular weight excluding hydrogens is 500 g/mol. The van der Waals surface area contributed by atoms with E-state index in [4.69, 9.17) is 4.74 Å². The van der Waals surface area contributed by atoms with Crippen molar-refractivity contribution in [2.45, 2.75) is 76.9 Å². The van der Waals surface area contributed by atoms with Crippen molar-refractivity contribution in [2.75, 3.05) is 6.54 Å². The van der Waals surface area contributed by atoms with Gasteiger partial charge in [0.1, 0.15) is 11.3 Å². The molecule has 0 aliphatic heterocycles. The number of carboxylic acid groups (broad SMARTS) is 1. The summed E-state index contributed by atoms with van der Waals surface area (Å²) in [7, 11) is 0. The fourth-order valence-electron chi connectivity index (χ4n) is 5.67. The van der Waals surface area contributed by atoms with E-state index in [-0.39, 0.29) is 48.3 Å². The van der Waals surface area contributed by atoms with Gasteiger partial charge in [-0.15, -0.1) is 0 Å². The highest BCUT2D eigenvalue weighted by molar-refractivity contribution is 5.89. The number of alkyl halides is 6. The van der Waals surface area contributed by atoms with Gasteiger partial charge in [0.05, 0.1) is 17.9 Å². The molecule has 204 valence electrons. The lowest BCUT2D eigenvalue weighted by molar-refractivity contribution is -0.185. The lowest BCUT2D eigenvalue weighted by Gasteiger charge is -2.50. The van der Waals surface area contributed by atoms with Crippen LogP contribution in [0, 0.1) is 17.3 Å². The number of nitrogens with one attached hydrogen (secondary N) is 1. The number of carboxylic acids is 1. The van der Waals surface area contributed by atoms with Gasteiger partial charge in [0, 0.05) is 6.04 Å². The van der Waals surface area contributed by atoms with Crippen LogP contribution in [0.1, 0.15) is 57.1 Å². The first-order chi connectivity index (χ1) is 17.2. The van der Waals surface area contributed by atoms with Gasteiger partial charge in [-0.25, -0.2) is 0 Å². The summed E-state index contributed by atoms with van der Waals surface area (Å²) < 4.78 is 86.6. The van der Waals surface area contributed by atoms with Crippen molar-refractivity contribution in [1.82, 2.24) is 5.32 Å². The molecule has 0 bridgehead atoms. The standard InChI is InChI=1S/C27H31F6NO3/c1-25(2)20(24(35)36)14-22(25)34-12-11-15-3-9-19-16(13-15)4-10-21(23(19)27(31,32)33)37-18-7-5-17(6-8-18)26(28,29)30/h3-4,9-10,13,17-18,20,22,34H,5-8,11-12,14H2,1-2H3,(H,35,36). The van der Waals surface area contributed by atoms with Crippen LogP contribution in [0.5, 0.6) is 5.75 Å². The molecule has 0 radical (unpaired) electrons. The van der Waals surface area contributed by atoms with Gasteiger partial charge in [-0.2, -0.15) is 26.3 Å². The van der Waals surface area contributed by atoms with Crippen molar-refractivity contribution in [3.05, 3.63) is 41.5 Å². The third-order valence-corrected chi connectivity index (χ3v) is 8.13. The Labute approximate surface area is 211 Å². The Hall–Kier alpha value is -2.49. The lowest BCUT2D eigenvalue weighted by Crippen LogP contribution is -2.59. The number of ether oxygens (including phenoxy) is 1. The minimum absolute atomic E-state index is 0.0184. The van der Waals surface area contributed by atoms with Gasteiger partial charge in [-0.05, 0) is 72.9 Å². The van der Waals surface area contributed by atoms with E-state index in [9.17, 15) is 36.2 Å². The van der Waals surface area contributed by atoms with Crippen LogP contribution < -0.4 is 10.1 Å². The zero-order valence-electron chi connectivity index (χ0n) is 20.7. The van der Waals surface area contributed by atoms with Crippen LogP contribution in [-0.2, 0) is 17.4 Å². The maximum Gasteiger partial charge on any atom is 0.420 e. The molecule has 2 aromatic rings. The van der Waals surface area contributed by atoms with Gasteiger partial charge in [-0.3, -0.25) is 4.79 Å². The first-order valence-electron chi connectivity index (χ1n) is 12.5. The van der Waals surface area contributed by atoms with Crippen LogP contribution in [0.4, 0.5) is 26.3 Å². The molecule has 10 heteroatoms. The second-order valence-electron chi connectivity index (χ2n) is 10.8. The lowest BCUT2D eigenvalue weighted by atomic mass is 9.58. The van der Waals surface area contributed by atoms with Gasteiger partial charge in [0.2, 0.25) is 0 Å². The average molecular weight is 532 g/mol. The van der Waals surface area contributed by atoms with Crippen molar-refractivity contribution in [3.8, 4) is 5.75 Å². The molecule has 2 saturated carbocycles. The predicted octanol–water partition coefficient (Wildman–Crippen LogP) is 6.99. The highest BCUT2D eigenvalue weighted by Crippen LogP contribution is 2.46. The molecule has 2 aromatic carbocycles. The maximum absolute atomic E-state index is 14.1. The van der Waals surface area contributed by atoms with E-state index in [0.717, 1.165) is 5.56 Å². The number of benzene rings is 2. The summed E-state index contributed by atoms with van der Waals surface area (Å²) >= 11 is 0. The van der Waals surface area contributed by atoms with Crippen molar-refractivity contribution in [2.24, 2.45) is 17.3 Å². The van der Waals surface area contributed by atoms with E-state index in [1.54, 1.807) is 18.2 Å². The molecule has 37 heavy (non-hydrogen) atoms. The smallest absolute Gasteiger partial charge is 0.420 e. The quantitative estimate of drug-likeness (QED) is 0.378. The van der Waals surface area contributed by atoms with Gasteiger partial charge < -0.3 is 15.2 Å². The van der Waals surface area contributed by atoms with Crippen molar-refractivity contribution in [3.63, 3.8) is 0 Å². The molecule has 0 amide bonds. The molecule has 2 aliphatic rings. The number of halogens is 6. The Morgan fingerprint density at radius 3 is 2.30 bits per heavy atom. The molecule has 0 aromatic heterocycles. The van der Waals surface area contributed by atoms with Crippen LogP contribution >= 0.6 is 0 Å². The zero-order chi connectivity index (χ0) is 27.2. The topological polar surface area (TPSA) is 58.6 Å². The molecule has 0 spiro atoms. The highest BCUT2D eigenvalue weighted by Gasteiger charge is 2.51. The van der Waals surface area contributed by atoms with Gasteiger partial charge in [-0.1, -0.05) is 38.1 Å². The van der Waals surface area contributed by atoms with Crippen molar-refractivity contribution >= 4 is 16.7 Å². The average Bonchev–Trinajstić information content (AvgIpc) is 2.79. The highest BCUT2D eigenvalue weighted by atomic mass is 19.4. The Morgan fingerprint density at radius 1 is 1.05 bits per heavy atom. The zero-order valence-corrected chi connectivity index (χ0v) is 20.7. The molecule has 2 N–H and O–H groups in total. The third-order valence-electron chi connectivity index (χ3n) is 8.13. The molecule has 2 unspecified atom stereocenters. The van der Waals surface area contributed by atoms with Crippen LogP contribution in [-0.4, -0.2) is 35.9 Å². The molecule has 0 saturated heterocycles. The summed E-state index contributed by atoms with van der Waals surface area (Å²) in [5.74, 6) is -3.00. The fraction of sp³-hybridized carbons (Fsp3) is 0.593. The van der Waals surface area contributed by atoms with Gasteiger partial charge >= 0.3 is 18.3 Å². The number of hydrogen-bond acceptors (Lipinski definition) is 3. The first-order valence-corrected chi connectivity index (χ1v) is 12.5. The summed E-state index contributed by atoms with van der Waals surface area (Å²) in [5, 5.41) is 13.0. The van der Waals surface area contributed by atoms with Crippen LogP contribution in [0.3, 0.4) is 0 Å². The minimum atomic E-state index is -4.70. The molecule has 2 fully saturated rings. The summed E-state index contributed by atoms with van der Waals surface area (Å²) in [4.78, 5) is 11.3. The summed E-state index contributed by atoms with van der Waals surface area (Å²) in [6.07, 6.45) is -8.81. The molecule has 4 rings (SSSR count). The third kappa shape index (κ3) is 5.84. The Kier molecular flexibility index (Phi) is 7.44.